The van der Waals surface area contributed by atoms with Crippen molar-refractivity contribution in [1.29, 1.82) is 0 Å². The van der Waals surface area contributed by atoms with Gasteiger partial charge in [-0.1, -0.05) is 55.8 Å². The number of nitrogens with one attached hydrogen (secondary N) is 1. The molecule has 1 unspecified atom stereocenters. The number of amides is 1. The van der Waals surface area contributed by atoms with Crippen LogP contribution in [0.4, 0.5) is 0 Å². The first-order chi connectivity index (χ1) is 18.3. The van der Waals surface area contributed by atoms with Gasteiger partial charge >= 0.3 is 0 Å². The average molecular weight is 532 g/mol. The van der Waals surface area contributed by atoms with Gasteiger partial charge in [0.15, 0.2) is 11.5 Å². The number of halogens is 1. The van der Waals surface area contributed by atoms with Crippen molar-refractivity contribution in [1.82, 2.24) is 15.1 Å². The highest BCUT2D eigenvalue weighted by Gasteiger charge is 2.42. The summed E-state index contributed by atoms with van der Waals surface area (Å²) < 4.78 is 10.8. The largest absolute Gasteiger partial charge is 0.507 e. The minimum Gasteiger partial charge on any atom is -0.507 e. The zero-order valence-corrected chi connectivity index (χ0v) is 22.5. The van der Waals surface area contributed by atoms with Crippen LogP contribution in [-0.4, -0.2) is 46.9 Å². The third kappa shape index (κ3) is 4.58. The van der Waals surface area contributed by atoms with Crippen molar-refractivity contribution in [3.8, 4) is 28.5 Å². The van der Waals surface area contributed by atoms with Gasteiger partial charge in [0.2, 0.25) is 0 Å². The maximum atomic E-state index is 13.7. The van der Waals surface area contributed by atoms with Crippen molar-refractivity contribution in [3.63, 3.8) is 0 Å². The van der Waals surface area contributed by atoms with Gasteiger partial charge < -0.3 is 19.5 Å². The Bertz CT molecular complexity index is 1480. The Morgan fingerprint density at radius 3 is 2.45 bits per heavy atom. The topological polar surface area (TPSA) is 87.7 Å². The number of phenols is 1. The number of benzene rings is 3. The molecule has 38 heavy (non-hydrogen) atoms. The lowest BCUT2D eigenvalue weighted by Crippen LogP contribution is -2.31. The van der Waals surface area contributed by atoms with Gasteiger partial charge in [-0.25, -0.2) is 0 Å². The fourth-order valence-electron chi connectivity index (χ4n) is 5.03. The van der Waals surface area contributed by atoms with Gasteiger partial charge in [-0.2, -0.15) is 5.10 Å². The molecule has 5 rings (SSSR count). The first kappa shape index (κ1) is 25.7. The molecule has 1 aliphatic heterocycles. The molecule has 0 aliphatic carbocycles. The molecule has 0 radical (unpaired) electrons. The van der Waals surface area contributed by atoms with E-state index in [2.05, 4.69) is 48.3 Å². The summed E-state index contributed by atoms with van der Waals surface area (Å²) in [5, 5.41) is 18.5. The summed E-state index contributed by atoms with van der Waals surface area (Å²) in [5.74, 6) is 1.60. The number of fused-ring (bicyclic) bond motifs is 1. The lowest BCUT2D eigenvalue weighted by Gasteiger charge is -2.27. The number of H-pyrrole nitrogens is 1. The Morgan fingerprint density at radius 1 is 1.03 bits per heavy atom. The van der Waals surface area contributed by atoms with Crippen molar-refractivity contribution in [2.45, 2.75) is 32.2 Å². The lowest BCUT2D eigenvalue weighted by molar-refractivity contribution is 0.0746. The first-order valence-corrected chi connectivity index (χ1v) is 12.9. The molecule has 4 aromatic rings. The van der Waals surface area contributed by atoms with Crippen LogP contribution in [0.1, 0.15) is 58.5 Å². The summed E-state index contributed by atoms with van der Waals surface area (Å²) in [6, 6.07) is 18.6. The Labute approximate surface area is 227 Å². The van der Waals surface area contributed by atoms with Gasteiger partial charge in [-0.05, 0) is 59.4 Å². The molecule has 196 valence electrons. The summed E-state index contributed by atoms with van der Waals surface area (Å²) in [4.78, 5) is 15.6. The fraction of sp³-hybridized carbons (Fsp3) is 0.267. The van der Waals surface area contributed by atoms with E-state index in [0.717, 1.165) is 16.7 Å². The second kappa shape index (κ2) is 10.4. The highest BCUT2D eigenvalue weighted by molar-refractivity contribution is 6.31. The number of aromatic amines is 1. The SMILES string of the molecule is COc1ccc(CCN2C(=O)c3[nH]nc(-c4cc(Cl)ccc4O)c3C2c2ccc(C(C)C)cc2)cc1OC. The monoisotopic (exact) mass is 531 g/mol. The summed E-state index contributed by atoms with van der Waals surface area (Å²) in [5.41, 5.74) is 5.36. The van der Waals surface area contributed by atoms with Crippen molar-refractivity contribution in [3.05, 3.63) is 93.6 Å². The molecular formula is C30H30ClN3O4. The normalized spacial score (nSPS) is 14.7. The summed E-state index contributed by atoms with van der Waals surface area (Å²) in [6.07, 6.45) is 0.613. The molecule has 0 saturated carbocycles. The van der Waals surface area contributed by atoms with Crippen LogP contribution < -0.4 is 9.47 Å². The third-order valence-electron chi connectivity index (χ3n) is 7.09. The minimum absolute atomic E-state index is 0.0498. The number of rotatable bonds is 8. The molecule has 1 amide bonds. The molecule has 0 fully saturated rings. The molecule has 0 bridgehead atoms. The second-order valence-electron chi connectivity index (χ2n) is 9.68. The number of phenolic OH excluding ortho intramolecular Hbond substituents is 1. The highest BCUT2D eigenvalue weighted by Crippen LogP contribution is 2.45. The number of methoxy groups -OCH3 is 2. The van der Waals surface area contributed by atoms with Crippen LogP contribution in [0.15, 0.2) is 60.7 Å². The van der Waals surface area contributed by atoms with Crippen molar-refractivity contribution >= 4 is 17.5 Å². The van der Waals surface area contributed by atoms with Crippen LogP contribution in [0.25, 0.3) is 11.3 Å². The van der Waals surface area contributed by atoms with Gasteiger partial charge in [0.25, 0.3) is 5.91 Å². The Kier molecular flexibility index (Phi) is 7.04. The lowest BCUT2D eigenvalue weighted by atomic mass is 9.93. The number of hydrogen-bond acceptors (Lipinski definition) is 5. The minimum atomic E-state index is -0.383. The maximum Gasteiger partial charge on any atom is 0.273 e. The third-order valence-corrected chi connectivity index (χ3v) is 7.32. The molecule has 0 spiro atoms. The van der Waals surface area contributed by atoms with Gasteiger partial charge in [-0.15, -0.1) is 0 Å². The van der Waals surface area contributed by atoms with E-state index in [1.165, 1.54) is 11.6 Å². The van der Waals surface area contributed by atoms with Crippen LogP contribution in [0.5, 0.6) is 17.2 Å². The van der Waals surface area contributed by atoms with E-state index in [4.69, 9.17) is 21.1 Å². The van der Waals surface area contributed by atoms with Gasteiger partial charge in [-0.3, -0.25) is 9.89 Å². The Morgan fingerprint density at radius 2 is 1.76 bits per heavy atom. The second-order valence-corrected chi connectivity index (χ2v) is 10.1. The zero-order chi connectivity index (χ0) is 27.0. The van der Waals surface area contributed by atoms with Crippen molar-refractivity contribution < 1.29 is 19.4 Å². The molecule has 8 heteroatoms. The van der Waals surface area contributed by atoms with E-state index < -0.39 is 0 Å². The van der Waals surface area contributed by atoms with Gasteiger partial charge in [0.1, 0.15) is 17.1 Å². The fourth-order valence-corrected chi connectivity index (χ4v) is 5.20. The van der Waals surface area contributed by atoms with Crippen LogP contribution in [-0.2, 0) is 6.42 Å². The average Bonchev–Trinajstić information content (AvgIpc) is 3.47. The molecule has 1 aromatic heterocycles. The summed E-state index contributed by atoms with van der Waals surface area (Å²) >= 11 is 6.26. The summed E-state index contributed by atoms with van der Waals surface area (Å²) in [6.45, 7) is 4.77. The van der Waals surface area contributed by atoms with Gasteiger partial charge in [0.05, 0.1) is 20.3 Å². The quantitative estimate of drug-likeness (QED) is 0.276. The molecule has 7 nitrogen and oxygen atoms in total. The zero-order valence-electron chi connectivity index (χ0n) is 21.8. The number of ether oxygens (including phenoxy) is 2. The molecule has 1 aliphatic rings. The number of hydrogen-bond donors (Lipinski definition) is 2. The van der Waals surface area contributed by atoms with E-state index in [-0.39, 0.29) is 17.7 Å². The molecule has 3 aromatic carbocycles. The van der Waals surface area contributed by atoms with E-state index in [1.807, 2.05) is 23.1 Å². The van der Waals surface area contributed by atoms with Crippen molar-refractivity contribution in [2.75, 3.05) is 20.8 Å². The predicted molar refractivity (Wildman–Crippen MR) is 147 cm³/mol. The van der Waals surface area contributed by atoms with E-state index in [0.29, 0.717) is 52.4 Å². The summed E-state index contributed by atoms with van der Waals surface area (Å²) in [7, 11) is 3.21. The molecular weight excluding hydrogens is 502 g/mol. The smallest absolute Gasteiger partial charge is 0.273 e. The number of carbonyl (C=O) groups excluding carboxylic acids is 1. The van der Waals surface area contributed by atoms with E-state index in [9.17, 15) is 9.90 Å². The molecule has 2 N–H and O–H groups in total. The number of aromatic nitrogens is 2. The molecule has 0 saturated heterocycles. The number of nitrogens with zero attached hydrogens (tertiary/aromatic N) is 2. The van der Waals surface area contributed by atoms with Crippen LogP contribution in [0.3, 0.4) is 0 Å². The Balaban J connectivity index is 1.56. The highest BCUT2D eigenvalue weighted by atomic mass is 35.5. The maximum absolute atomic E-state index is 13.7. The van der Waals surface area contributed by atoms with E-state index in [1.54, 1.807) is 26.4 Å². The Hall–Kier alpha value is -3.97. The van der Waals surface area contributed by atoms with Crippen molar-refractivity contribution in [2.24, 2.45) is 0 Å². The van der Waals surface area contributed by atoms with Crippen LogP contribution in [0, 0.1) is 0 Å². The number of carbonyl (C=O) groups is 1. The van der Waals surface area contributed by atoms with Crippen LogP contribution in [0.2, 0.25) is 5.02 Å². The number of aromatic hydroxyl groups is 1. The standard InChI is InChI=1S/C30H30ClN3O4/c1-17(2)19-6-8-20(9-7-19)29-26-27(22-16-21(31)10-11-23(22)35)32-33-28(26)30(36)34(29)14-13-18-5-12-24(37-3)25(15-18)38-4/h5-12,15-17,29,35H,13-14H2,1-4H3,(H,32,33). The molecule has 2 heterocycles. The predicted octanol–water partition coefficient (Wildman–Crippen LogP) is 6.36. The van der Waals surface area contributed by atoms with E-state index >= 15 is 0 Å². The van der Waals surface area contributed by atoms with Gasteiger partial charge in [0, 0.05) is 22.7 Å². The van der Waals surface area contributed by atoms with Crippen LogP contribution >= 0.6 is 11.6 Å². The first-order valence-electron chi connectivity index (χ1n) is 12.5. The molecule has 1 atom stereocenters.